The van der Waals surface area contributed by atoms with Crippen LogP contribution in [0.5, 0.6) is 5.75 Å². The third-order valence-corrected chi connectivity index (χ3v) is 4.08. The van der Waals surface area contributed by atoms with Crippen LogP contribution in [-0.2, 0) is 11.2 Å². The van der Waals surface area contributed by atoms with Gasteiger partial charge in [-0.1, -0.05) is 0 Å². The van der Waals surface area contributed by atoms with E-state index >= 15 is 0 Å². The van der Waals surface area contributed by atoms with Crippen LogP contribution in [0.25, 0.3) is 10.9 Å². The fraction of sp³-hybridized carbons (Fsp3) is 0.438. The van der Waals surface area contributed by atoms with Crippen LogP contribution in [0.15, 0.2) is 24.4 Å². The van der Waals surface area contributed by atoms with Crippen molar-refractivity contribution in [2.45, 2.75) is 31.4 Å². The summed E-state index contributed by atoms with van der Waals surface area (Å²) < 4.78 is 6.04. The Bertz CT molecular complexity index is 662. The van der Waals surface area contributed by atoms with Crippen molar-refractivity contribution in [2.75, 3.05) is 13.1 Å². The van der Waals surface area contributed by atoms with Crippen molar-refractivity contribution in [3.63, 3.8) is 0 Å². The molecule has 5 N–H and O–H groups in total. The number of benzene rings is 1. The minimum Gasteiger partial charge on any atom is -0.490 e. The highest BCUT2D eigenvalue weighted by Crippen LogP contribution is 2.26. The lowest BCUT2D eigenvalue weighted by Crippen LogP contribution is -2.34. The fourth-order valence-electron chi connectivity index (χ4n) is 2.83. The van der Waals surface area contributed by atoms with Crippen LogP contribution >= 0.6 is 0 Å². The molecule has 1 fully saturated rings. The van der Waals surface area contributed by atoms with Crippen molar-refractivity contribution in [1.29, 1.82) is 0 Å². The molecular formula is C16H21N3O3. The lowest BCUT2D eigenvalue weighted by molar-refractivity contribution is -0.138. The standard InChI is InChI=1S/C16H21N3O3/c17-14(16(20)21)7-10-9-19-15-2-1-12(8-13(10)15)22-11-3-5-18-6-4-11/h1-2,8-9,11,14,18-19H,3-7,17H2,(H,20,21). The molecule has 22 heavy (non-hydrogen) atoms. The molecule has 0 radical (unpaired) electrons. The van der Waals surface area contributed by atoms with Gasteiger partial charge in [-0.15, -0.1) is 0 Å². The first-order valence-electron chi connectivity index (χ1n) is 7.59. The van der Waals surface area contributed by atoms with Gasteiger partial charge >= 0.3 is 5.97 Å². The van der Waals surface area contributed by atoms with Crippen LogP contribution in [0, 0.1) is 0 Å². The number of carboxylic acids is 1. The van der Waals surface area contributed by atoms with E-state index in [1.807, 2.05) is 24.4 Å². The molecule has 1 atom stereocenters. The SMILES string of the molecule is NC(Cc1c[nH]c2ccc(OC3CCNCC3)cc12)C(=O)O. The number of aromatic nitrogens is 1. The summed E-state index contributed by atoms with van der Waals surface area (Å²) in [6.45, 7) is 1.96. The summed E-state index contributed by atoms with van der Waals surface area (Å²) in [7, 11) is 0. The number of nitrogens with two attached hydrogens (primary N) is 1. The first kappa shape index (κ1) is 14.9. The monoisotopic (exact) mass is 303 g/mol. The zero-order valence-corrected chi connectivity index (χ0v) is 12.3. The fourth-order valence-corrected chi connectivity index (χ4v) is 2.83. The first-order chi connectivity index (χ1) is 10.6. The molecule has 2 heterocycles. The number of rotatable bonds is 5. The van der Waals surface area contributed by atoms with Crippen LogP contribution in [0.3, 0.4) is 0 Å². The summed E-state index contributed by atoms with van der Waals surface area (Å²) >= 11 is 0. The number of aliphatic carboxylic acids is 1. The number of piperidine rings is 1. The molecule has 0 spiro atoms. The summed E-state index contributed by atoms with van der Waals surface area (Å²) in [5.41, 5.74) is 7.50. The maximum absolute atomic E-state index is 10.9. The van der Waals surface area contributed by atoms with Gasteiger partial charge in [-0.05, 0) is 49.7 Å². The molecule has 2 aromatic rings. The number of nitrogens with one attached hydrogen (secondary N) is 2. The maximum Gasteiger partial charge on any atom is 0.320 e. The summed E-state index contributed by atoms with van der Waals surface area (Å²) in [6, 6.07) is 4.98. The van der Waals surface area contributed by atoms with Crippen LogP contribution in [-0.4, -0.2) is 41.3 Å². The molecule has 1 aliphatic rings. The van der Waals surface area contributed by atoms with E-state index in [0.717, 1.165) is 48.1 Å². The van der Waals surface area contributed by atoms with Crippen molar-refractivity contribution < 1.29 is 14.6 Å². The van der Waals surface area contributed by atoms with Gasteiger partial charge in [-0.3, -0.25) is 4.79 Å². The van der Waals surface area contributed by atoms with Gasteiger partial charge in [0.25, 0.3) is 0 Å². The molecule has 1 aromatic carbocycles. The smallest absolute Gasteiger partial charge is 0.320 e. The molecule has 0 saturated carbocycles. The van der Waals surface area contributed by atoms with Crippen LogP contribution in [0.1, 0.15) is 18.4 Å². The minimum atomic E-state index is -0.989. The van der Waals surface area contributed by atoms with Crippen molar-refractivity contribution >= 4 is 16.9 Å². The Balaban J connectivity index is 1.79. The average Bonchev–Trinajstić information content (AvgIpc) is 2.91. The molecule has 0 amide bonds. The number of fused-ring (bicyclic) bond motifs is 1. The summed E-state index contributed by atoms with van der Waals surface area (Å²) in [4.78, 5) is 14.1. The van der Waals surface area contributed by atoms with E-state index in [0.29, 0.717) is 6.42 Å². The molecule has 1 aliphatic heterocycles. The van der Waals surface area contributed by atoms with Crippen molar-refractivity contribution in [3.05, 3.63) is 30.0 Å². The molecule has 0 bridgehead atoms. The lowest BCUT2D eigenvalue weighted by Gasteiger charge is -2.23. The van der Waals surface area contributed by atoms with Gasteiger partial charge in [0, 0.05) is 23.5 Å². The van der Waals surface area contributed by atoms with Crippen molar-refractivity contribution in [3.8, 4) is 5.75 Å². The molecule has 3 rings (SSSR count). The van der Waals surface area contributed by atoms with Crippen LogP contribution in [0.2, 0.25) is 0 Å². The highest BCUT2D eigenvalue weighted by Gasteiger charge is 2.17. The number of hydrogen-bond acceptors (Lipinski definition) is 4. The third kappa shape index (κ3) is 3.23. The number of carboxylic acid groups (broad SMARTS) is 1. The Morgan fingerprint density at radius 1 is 1.41 bits per heavy atom. The van der Waals surface area contributed by atoms with E-state index in [2.05, 4.69) is 10.3 Å². The van der Waals surface area contributed by atoms with E-state index in [9.17, 15) is 4.79 Å². The number of hydrogen-bond donors (Lipinski definition) is 4. The third-order valence-electron chi connectivity index (χ3n) is 4.08. The molecule has 1 saturated heterocycles. The Hall–Kier alpha value is -2.05. The maximum atomic E-state index is 10.9. The van der Waals surface area contributed by atoms with Gasteiger partial charge in [0.15, 0.2) is 0 Å². The van der Waals surface area contributed by atoms with Crippen molar-refractivity contribution in [2.24, 2.45) is 5.73 Å². The first-order valence-corrected chi connectivity index (χ1v) is 7.59. The lowest BCUT2D eigenvalue weighted by atomic mass is 10.1. The zero-order chi connectivity index (χ0) is 15.5. The molecule has 1 aromatic heterocycles. The summed E-state index contributed by atoms with van der Waals surface area (Å²) in [6.07, 6.45) is 4.36. The highest BCUT2D eigenvalue weighted by atomic mass is 16.5. The van der Waals surface area contributed by atoms with Gasteiger partial charge in [0.2, 0.25) is 0 Å². The Morgan fingerprint density at radius 3 is 2.91 bits per heavy atom. The summed E-state index contributed by atoms with van der Waals surface area (Å²) in [5, 5.41) is 13.2. The quantitative estimate of drug-likeness (QED) is 0.666. The normalized spacial score (nSPS) is 17.5. The van der Waals surface area contributed by atoms with Gasteiger partial charge < -0.3 is 25.9 Å². The van der Waals surface area contributed by atoms with Gasteiger partial charge in [-0.2, -0.15) is 0 Å². The Labute approximate surface area is 128 Å². The second-order valence-electron chi connectivity index (χ2n) is 5.74. The second kappa shape index (κ2) is 6.37. The van der Waals surface area contributed by atoms with E-state index in [1.165, 1.54) is 0 Å². The van der Waals surface area contributed by atoms with Crippen molar-refractivity contribution in [1.82, 2.24) is 10.3 Å². The van der Waals surface area contributed by atoms with E-state index in [4.69, 9.17) is 15.6 Å². The Morgan fingerprint density at radius 2 is 2.18 bits per heavy atom. The van der Waals surface area contributed by atoms with Gasteiger partial charge in [-0.25, -0.2) is 0 Å². The largest absolute Gasteiger partial charge is 0.490 e. The van der Waals surface area contributed by atoms with E-state index < -0.39 is 12.0 Å². The number of carbonyl (C=O) groups is 1. The van der Waals surface area contributed by atoms with Gasteiger partial charge in [0.1, 0.15) is 17.9 Å². The predicted molar refractivity (Wildman–Crippen MR) is 84.1 cm³/mol. The molecule has 6 heteroatoms. The second-order valence-corrected chi connectivity index (χ2v) is 5.74. The zero-order valence-electron chi connectivity index (χ0n) is 12.3. The minimum absolute atomic E-state index is 0.238. The van der Waals surface area contributed by atoms with Gasteiger partial charge in [0.05, 0.1) is 0 Å². The highest BCUT2D eigenvalue weighted by molar-refractivity contribution is 5.85. The predicted octanol–water partition coefficient (Wildman–Crippen LogP) is 1.25. The number of ether oxygens (including phenoxy) is 1. The van der Waals surface area contributed by atoms with Crippen LogP contribution in [0.4, 0.5) is 0 Å². The summed E-state index contributed by atoms with van der Waals surface area (Å²) in [5.74, 6) is -0.166. The molecule has 0 aliphatic carbocycles. The van der Waals surface area contributed by atoms with Crippen LogP contribution < -0.4 is 15.8 Å². The average molecular weight is 303 g/mol. The molecule has 1 unspecified atom stereocenters. The number of aromatic amines is 1. The number of H-pyrrole nitrogens is 1. The van der Waals surface area contributed by atoms with E-state index in [1.54, 1.807) is 0 Å². The van der Waals surface area contributed by atoms with E-state index in [-0.39, 0.29) is 6.10 Å². The molecule has 118 valence electrons. The molecular weight excluding hydrogens is 282 g/mol. The topological polar surface area (TPSA) is 100 Å². The molecule has 6 nitrogen and oxygen atoms in total. The Kier molecular flexibility index (Phi) is 4.31.